The Morgan fingerprint density at radius 1 is 1.13 bits per heavy atom. The average molecular weight is 485 g/mol. The minimum Gasteiger partial charge on any atom is -0.481 e. The Hall–Kier alpha value is -3.34. The van der Waals surface area contributed by atoms with E-state index in [4.69, 9.17) is 9.84 Å². The van der Waals surface area contributed by atoms with Gasteiger partial charge in [0, 0.05) is 10.7 Å². The van der Waals surface area contributed by atoms with E-state index in [2.05, 4.69) is 25.8 Å². The Morgan fingerprint density at radius 2 is 1.83 bits per heavy atom. The quantitative estimate of drug-likeness (QED) is 0.504. The SMILES string of the molecule is O=C(O)COc1ccc(Br)cc1C(=O)c1cnn(-c2ccc(OC(F)(F)F)cc2)c1. The van der Waals surface area contributed by atoms with E-state index in [-0.39, 0.29) is 22.6 Å². The van der Waals surface area contributed by atoms with Crippen LogP contribution in [0.25, 0.3) is 5.69 Å². The molecule has 7 nitrogen and oxygen atoms in total. The topological polar surface area (TPSA) is 90.7 Å². The summed E-state index contributed by atoms with van der Waals surface area (Å²) in [5.74, 6) is -1.96. The van der Waals surface area contributed by atoms with Gasteiger partial charge >= 0.3 is 12.3 Å². The summed E-state index contributed by atoms with van der Waals surface area (Å²) in [6, 6.07) is 9.49. The van der Waals surface area contributed by atoms with Gasteiger partial charge in [0.1, 0.15) is 11.5 Å². The average Bonchev–Trinajstić information content (AvgIpc) is 3.16. The molecule has 0 saturated carbocycles. The number of hydrogen-bond acceptors (Lipinski definition) is 5. The second-order valence-electron chi connectivity index (χ2n) is 5.87. The number of aromatic nitrogens is 2. The molecule has 0 aliphatic rings. The number of carboxylic acid groups (broad SMARTS) is 1. The highest BCUT2D eigenvalue weighted by atomic mass is 79.9. The zero-order valence-corrected chi connectivity index (χ0v) is 16.5. The maximum atomic E-state index is 12.9. The molecule has 0 radical (unpaired) electrons. The highest BCUT2D eigenvalue weighted by Crippen LogP contribution is 2.27. The van der Waals surface area contributed by atoms with Crippen molar-refractivity contribution in [1.82, 2.24) is 9.78 Å². The fourth-order valence-corrected chi connectivity index (χ4v) is 2.84. The van der Waals surface area contributed by atoms with Crippen LogP contribution in [-0.4, -0.2) is 39.6 Å². The van der Waals surface area contributed by atoms with Crippen LogP contribution in [0.1, 0.15) is 15.9 Å². The smallest absolute Gasteiger partial charge is 0.481 e. The van der Waals surface area contributed by atoms with Crippen LogP contribution in [-0.2, 0) is 4.79 Å². The molecule has 2 aromatic carbocycles. The third-order valence-corrected chi connectivity index (χ3v) is 4.21. The van der Waals surface area contributed by atoms with Gasteiger partial charge in [-0.15, -0.1) is 13.2 Å². The summed E-state index contributed by atoms with van der Waals surface area (Å²) in [4.78, 5) is 23.6. The molecule has 11 heteroatoms. The van der Waals surface area contributed by atoms with Crippen LogP contribution in [0.2, 0.25) is 0 Å². The van der Waals surface area contributed by atoms with E-state index >= 15 is 0 Å². The molecule has 0 bridgehead atoms. The second-order valence-corrected chi connectivity index (χ2v) is 6.78. The number of carbonyl (C=O) groups excluding carboxylic acids is 1. The number of benzene rings is 2. The van der Waals surface area contributed by atoms with Crippen molar-refractivity contribution in [3.8, 4) is 17.2 Å². The van der Waals surface area contributed by atoms with Gasteiger partial charge in [-0.2, -0.15) is 5.10 Å². The normalized spacial score (nSPS) is 11.2. The van der Waals surface area contributed by atoms with E-state index in [1.807, 2.05) is 0 Å². The van der Waals surface area contributed by atoms with Gasteiger partial charge in [0.2, 0.25) is 0 Å². The second kappa shape index (κ2) is 8.57. The number of nitrogens with zero attached hydrogens (tertiary/aromatic N) is 2. The first-order chi connectivity index (χ1) is 14.1. The lowest BCUT2D eigenvalue weighted by Crippen LogP contribution is -2.17. The molecular weight excluding hydrogens is 473 g/mol. The molecule has 0 saturated heterocycles. The lowest BCUT2D eigenvalue weighted by Gasteiger charge is -2.09. The molecule has 0 atom stereocenters. The van der Waals surface area contributed by atoms with Crippen LogP contribution in [0.5, 0.6) is 11.5 Å². The number of rotatable bonds is 7. The lowest BCUT2D eigenvalue weighted by atomic mass is 10.1. The number of ether oxygens (including phenoxy) is 2. The first-order valence-corrected chi connectivity index (χ1v) is 9.01. The summed E-state index contributed by atoms with van der Waals surface area (Å²) >= 11 is 3.25. The number of ketones is 1. The fourth-order valence-electron chi connectivity index (χ4n) is 2.48. The number of carbonyl (C=O) groups is 2. The van der Waals surface area contributed by atoms with Crippen molar-refractivity contribution in [3.05, 3.63) is 70.5 Å². The maximum absolute atomic E-state index is 12.9. The van der Waals surface area contributed by atoms with Gasteiger partial charge in [-0.3, -0.25) is 4.79 Å². The van der Waals surface area contributed by atoms with E-state index in [1.54, 1.807) is 6.07 Å². The Morgan fingerprint density at radius 3 is 2.47 bits per heavy atom. The third kappa shape index (κ3) is 5.38. The number of aliphatic carboxylic acids is 1. The molecule has 1 heterocycles. The number of hydrogen-bond donors (Lipinski definition) is 1. The van der Waals surface area contributed by atoms with Crippen LogP contribution < -0.4 is 9.47 Å². The molecule has 1 aromatic heterocycles. The Labute approximate surface area is 175 Å². The highest BCUT2D eigenvalue weighted by molar-refractivity contribution is 9.10. The molecule has 156 valence electrons. The van der Waals surface area contributed by atoms with Gasteiger partial charge in [-0.05, 0) is 42.5 Å². The first-order valence-electron chi connectivity index (χ1n) is 8.22. The van der Waals surface area contributed by atoms with Crippen LogP contribution >= 0.6 is 15.9 Å². The van der Waals surface area contributed by atoms with Gasteiger partial charge in [-0.1, -0.05) is 15.9 Å². The van der Waals surface area contributed by atoms with E-state index in [1.165, 1.54) is 41.3 Å². The summed E-state index contributed by atoms with van der Waals surface area (Å²) in [5.41, 5.74) is 0.697. The number of halogens is 4. The van der Waals surface area contributed by atoms with Gasteiger partial charge < -0.3 is 14.6 Å². The molecule has 0 unspecified atom stereocenters. The predicted octanol–water partition coefficient (Wildman–Crippen LogP) is 4.23. The van der Waals surface area contributed by atoms with E-state index in [9.17, 15) is 22.8 Å². The van der Waals surface area contributed by atoms with Gasteiger partial charge in [0.05, 0.1) is 23.0 Å². The van der Waals surface area contributed by atoms with Crippen molar-refractivity contribution < 1.29 is 37.3 Å². The minimum atomic E-state index is -4.79. The third-order valence-electron chi connectivity index (χ3n) is 3.72. The lowest BCUT2D eigenvalue weighted by molar-refractivity contribution is -0.274. The molecule has 3 aromatic rings. The molecule has 0 aliphatic carbocycles. The summed E-state index contributed by atoms with van der Waals surface area (Å²) in [6.45, 7) is -0.618. The Bertz CT molecular complexity index is 1080. The monoisotopic (exact) mass is 484 g/mol. The largest absolute Gasteiger partial charge is 0.573 e. The first kappa shape index (κ1) is 21.4. The molecule has 0 fully saturated rings. The van der Waals surface area contributed by atoms with E-state index < -0.39 is 24.7 Å². The van der Waals surface area contributed by atoms with Crippen molar-refractivity contribution in [2.45, 2.75) is 6.36 Å². The van der Waals surface area contributed by atoms with Crippen molar-refractivity contribution in [2.24, 2.45) is 0 Å². The minimum absolute atomic E-state index is 0.0898. The standard InChI is InChI=1S/C19H12BrF3N2O5/c20-12-1-6-16(29-10-17(26)27)15(7-12)18(28)11-8-24-25(9-11)13-2-4-14(5-3-13)30-19(21,22)23/h1-9H,10H2,(H,26,27). The van der Waals surface area contributed by atoms with Crippen LogP contribution in [0, 0.1) is 0 Å². The summed E-state index contributed by atoms with van der Waals surface area (Å²) in [5, 5.41) is 12.8. The predicted molar refractivity (Wildman–Crippen MR) is 101 cm³/mol. The maximum Gasteiger partial charge on any atom is 0.573 e. The van der Waals surface area contributed by atoms with Crippen LogP contribution in [0.4, 0.5) is 13.2 Å². The Balaban J connectivity index is 1.83. The van der Waals surface area contributed by atoms with Crippen molar-refractivity contribution in [1.29, 1.82) is 0 Å². The number of alkyl halides is 3. The van der Waals surface area contributed by atoms with Gasteiger partial charge in [-0.25, -0.2) is 9.48 Å². The van der Waals surface area contributed by atoms with Gasteiger partial charge in [0.15, 0.2) is 12.4 Å². The molecule has 1 N–H and O–H groups in total. The van der Waals surface area contributed by atoms with Crippen LogP contribution in [0.3, 0.4) is 0 Å². The zero-order chi connectivity index (χ0) is 21.9. The zero-order valence-electron chi connectivity index (χ0n) is 14.9. The van der Waals surface area contributed by atoms with Crippen molar-refractivity contribution in [3.63, 3.8) is 0 Å². The summed E-state index contributed by atoms with van der Waals surface area (Å²) in [6.07, 6.45) is -2.12. The molecule has 3 rings (SSSR count). The molecule has 30 heavy (non-hydrogen) atoms. The Kier molecular flexibility index (Phi) is 6.11. The van der Waals surface area contributed by atoms with Gasteiger partial charge in [0.25, 0.3) is 0 Å². The molecular formula is C19H12BrF3N2O5. The van der Waals surface area contributed by atoms with Crippen LogP contribution in [0.15, 0.2) is 59.3 Å². The number of carboxylic acids is 1. The molecule has 0 aliphatic heterocycles. The van der Waals surface area contributed by atoms with E-state index in [0.717, 1.165) is 12.1 Å². The summed E-state index contributed by atoms with van der Waals surface area (Å²) in [7, 11) is 0. The van der Waals surface area contributed by atoms with Crippen molar-refractivity contribution >= 4 is 27.7 Å². The van der Waals surface area contributed by atoms with Crippen molar-refractivity contribution in [2.75, 3.05) is 6.61 Å². The molecule has 0 spiro atoms. The molecule has 0 amide bonds. The fraction of sp³-hybridized carbons (Fsp3) is 0.105. The van der Waals surface area contributed by atoms with E-state index in [0.29, 0.717) is 10.2 Å². The summed E-state index contributed by atoms with van der Waals surface area (Å²) < 4.78 is 47.6. The highest BCUT2D eigenvalue weighted by Gasteiger charge is 2.31.